The van der Waals surface area contributed by atoms with Crippen molar-refractivity contribution in [2.45, 2.75) is 83.1 Å². The molecule has 0 heterocycles. The van der Waals surface area contributed by atoms with Gasteiger partial charge < -0.3 is 20.1 Å². The van der Waals surface area contributed by atoms with E-state index in [1.54, 1.807) is 12.2 Å². The Kier molecular flexibility index (Phi) is 10.6. The summed E-state index contributed by atoms with van der Waals surface area (Å²) in [6, 6.07) is 16.1. The SMILES string of the molecule is C=Cc1ccc(COC(=O)NC2CCC(CC3CCC(NC(=O)OCc4ccc(C=C)cc4)CC3)CC2)cc1. The zero-order valence-corrected chi connectivity index (χ0v) is 22.9. The van der Waals surface area contributed by atoms with Gasteiger partial charge in [0.05, 0.1) is 0 Å². The molecular formula is C33H42N2O4. The van der Waals surface area contributed by atoms with Crippen LogP contribution in [0.15, 0.2) is 61.7 Å². The second-order valence-corrected chi connectivity index (χ2v) is 11.0. The molecule has 0 saturated heterocycles. The second kappa shape index (κ2) is 14.6. The average molecular weight is 531 g/mol. The summed E-state index contributed by atoms with van der Waals surface area (Å²) in [6.45, 7) is 8.06. The van der Waals surface area contributed by atoms with Gasteiger partial charge >= 0.3 is 12.2 Å². The topological polar surface area (TPSA) is 76.7 Å². The van der Waals surface area contributed by atoms with Gasteiger partial charge in [0.1, 0.15) is 13.2 Å². The highest BCUT2D eigenvalue weighted by atomic mass is 16.6. The Hall–Kier alpha value is -3.54. The zero-order valence-electron chi connectivity index (χ0n) is 22.9. The predicted molar refractivity (Wildman–Crippen MR) is 156 cm³/mol. The third kappa shape index (κ3) is 9.31. The van der Waals surface area contributed by atoms with Crippen LogP contribution in [0.25, 0.3) is 12.2 Å². The summed E-state index contributed by atoms with van der Waals surface area (Å²) in [6.07, 6.45) is 12.8. The highest BCUT2D eigenvalue weighted by Crippen LogP contribution is 2.35. The molecular weight excluding hydrogens is 488 g/mol. The first-order chi connectivity index (χ1) is 19.0. The van der Waals surface area contributed by atoms with Gasteiger partial charge in [-0.25, -0.2) is 9.59 Å². The van der Waals surface area contributed by atoms with E-state index >= 15 is 0 Å². The molecule has 0 radical (unpaired) electrons. The number of nitrogens with one attached hydrogen (secondary N) is 2. The fourth-order valence-electron chi connectivity index (χ4n) is 5.77. The summed E-state index contributed by atoms with van der Waals surface area (Å²) in [4.78, 5) is 24.5. The number of carbonyl (C=O) groups is 2. The Morgan fingerprint density at radius 2 is 1.00 bits per heavy atom. The lowest BCUT2D eigenvalue weighted by atomic mass is 9.76. The summed E-state index contributed by atoms with van der Waals surface area (Å²) in [5.41, 5.74) is 4.03. The molecule has 0 unspecified atom stereocenters. The largest absolute Gasteiger partial charge is 0.445 e. The molecule has 39 heavy (non-hydrogen) atoms. The molecule has 2 fully saturated rings. The first-order valence-electron chi connectivity index (χ1n) is 14.3. The maximum absolute atomic E-state index is 12.3. The molecule has 6 nitrogen and oxygen atoms in total. The quantitative estimate of drug-likeness (QED) is 0.331. The number of carbonyl (C=O) groups excluding carboxylic acids is 2. The first kappa shape index (κ1) is 28.5. The Morgan fingerprint density at radius 1 is 0.641 bits per heavy atom. The van der Waals surface area contributed by atoms with Crippen molar-refractivity contribution in [3.8, 4) is 0 Å². The van der Waals surface area contributed by atoms with Crippen LogP contribution < -0.4 is 10.6 Å². The molecule has 2 saturated carbocycles. The summed E-state index contributed by atoms with van der Waals surface area (Å²) < 4.78 is 10.8. The van der Waals surface area contributed by atoms with Gasteiger partial charge in [-0.05, 0) is 91.9 Å². The van der Waals surface area contributed by atoms with Gasteiger partial charge in [-0.1, -0.05) is 73.8 Å². The number of amides is 2. The lowest BCUT2D eigenvalue weighted by Crippen LogP contribution is -2.39. The molecule has 2 amide bonds. The van der Waals surface area contributed by atoms with Crippen LogP contribution in [-0.4, -0.2) is 24.3 Å². The average Bonchev–Trinajstić information content (AvgIpc) is 2.97. The normalized spacial score (nSPS) is 22.8. The van der Waals surface area contributed by atoms with Gasteiger partial charge in [-0.3, -0.25) is 0 Å². The van der Waals surface area contributed by atoms with Crippen molar-refractivity contribution in [1.29, 1.82) is 0 Å². The Bertz CT molecular complexity index is 992. The minimum absolute atomic E-state index is 0.197. The van der Waals surface area contributed by atoms with E-state index in [2.05, 4.69) is 23.8 Å². The molecule has 4 rings (SSSR count). The lowest BCUT2D eigenvalue weighted by molar-refractivity contribution is 0.127. The Morgan fingerprint density at radius 3 is 1.33 bits per heavy atom. The molecule has 6 heteroatoms. The van der Waals surface area contributed by atoms with E-state index in [1.165, 1.54) is 6.42 Å². The van der Waals surface area contributed by atoms with Crippen molar-refractivity contribution in [2.75, 3.05) is 0 Å². The summed E-state index contributed by atoms with van der Waals surface area (Å²) in [5, 5.41) is 6.10. The highest BCUT2D eigenvalue weighted by Gasteiger charge is 2.28. The van der Waals surface area contributed by atoms with E-state index < -0.39 is 0 Å². The number of ether oxygens (including phenoxy) is 2. The first-order valence-corrected chi connectivity index (χ1v) is 14.3. The van der Waals surface area contributed by atoms with Crippen molar-refractivity contribution in [3.63, 3.8) is 0 Å². The highest BCUT2D eigenvalue weighted by molar-refractivity contribution is 5.68. The number of rotatable bonds is 10. The van der Waals surface area contributed by atoms with Crippen LogP contribution >= 0.6 is 0 Å². The molecule has 0 bridgehead atoms. The lowest BCUT2D eigenvalue weighted by Gasteiger charge is -2.34. The molecule has 2 aliphatic carbocycles. The van der Waals surface area contributed by atoms with Crippen LogP contribution in [0.4, 0.5) is 9.59 Å². The van der Waals surface area contributed by atoms with E-state index in [1.807, 2.05) is 48.5 Å². The molecule has 2 aliphatic rings. The molecule has 0 aromatic heterocycles. The molecule has 0 atom stereocenters. The number of hydrogen-bond donors (Lipinski definition) is 2. The predicted octanol–water partition coefficient (Wildman–Crippen LogP) is 7.63. The number of hydrogen-bond acceptors (Lipinski definition) is 4. The van der Waals surface area contributed by atoms with Gasteiger partial charge in [0.2, 0.25) is 0 Å². The second-order valence-electron chi connectivity index (χ2n) is 11.0. The Balaban J connectivity index is 1.06. The summed E-state index contributed by atoms with van der Waals surface area (Å²) >= 11 is 0. The molecule has 0 aliphatic heterocycles. The van der Waals surface area contributed by atoms with E-state index in [4.69, 9.17) is 9.47 Å². The number of benzene rings is 2. The fourth-order valence-corrected chi connectivity index (χ4v) is 5.77. The van der Waals surface area contributed by atoms with Gasteiger partial charge in [0.15, 0.2) is 0 Å². The van der Waals surface area contributed by atoms with Crippen LogP contribution in [0.3, 0.4) is 0 Å². The fraction of sp³-hybridized carbons (Fsp3) is 0.455. The molecule has 2 aromatic rings. The van der Waals surface area contributed by atoms with Crippen molar-refractivity contribution in [3.05, 3.63) is 83.9 Å². The van der Waals surface area contributed by atoms with Gasteiger partial charge in [0, 0.05) is 12.1 Å². The smallest absolute Gasteiger partial charge is 0.407 e. The minimum atomic E-state index is -0.332. The molecule has 208 valence electrons. The van der Waals surface area contributed by atoms with Crippen molar-refractivity contribution >= 4 is 24.3 Å². The van der Waals surface area contributed by atoms with Crippen LogP contribution in [-0.2, 0) is 22.7 Å². The van der Waals surface area contributed by atoms with Gasteiger partial charge in [-0.2, -0.15) is 0 Å². The summed E-state index contributed by atoms with van der Waals surface area (Å²) in [7, 11) is 0. The van der Waals surface area contributed by atoms with E-state index in [-0.39, 0.29) is 37.5 Å². The number of alkyl carbamates (subject to hydrolysis) is 2. The van der Waals surface area contributed by atoms with Crippen LogP contribution in [0.2, 0.25) is 0 Å². The van der Waals surface area contributed by atoms with Crippen LogP contribution in [0.1, 0.15) is 80.0 Å². The van der Waals surface area contributed by atoms with Gasteiger partial charge in [0.25, 0.3) is 0 Å². The van der Waals surface area contributed by atoms with Crippen molar-refractivity contribution < 1.29 is 19.1 Å². The third-order valence-corrected chi connectivity index (χ3v) is 8.17. The monoisotopic (exact) mass is 530 g/mol. The summed E-state index contributed by atoms with van der Waals surface area (Å²) in [5.74, 6) is 1.43. The molecule has 2 N–H and O–H groups in total. The Labute approximate surface area is 232 Å². The maximum atomic E-state index is 12.3. The standard InChI is InChI=1S/C33H42N2O4/c1-3-24-5-9-28(10-6-24)22-38-32(36)34-30-17-13-26(14-18-30)21-27-15-19-31(20-16-27)35-33(37)39-23-29-11-7-25(4-2)8-12-29/h3-12,26-27,30-31H,1-2,13-23H2,(H,34,36)(H,35,37). The van der Waals surface area contributed by atoms with E-state index in [9.17, 15) is 9.59 Å². The van der Waals surface area contributed by atoms with E-state index in [0.29, 0.717) is 0 Å². The minimum Gasteiger partial charge on any atom is -0.445 e. The maximum Gasteiger partial charge on any atom is 0.407 e. The molecule has 2 aromatic carbocycles. The molecule has 0 spiro atoms. The van der Waals surface area contributed by atoms with E-state index in [0.717, 1.165) is 85.5 Å². The van der Waals surface area contributed by atoms with Crippen LogP contribution in [0, 0.1) is 11.8 Å². The van der Waals surface area contributed by atoms with Crippen molar-refractivity contribution in [1.82, 2.24) is 10.6 Å². The van der Waals surface area contributed by atoms with Crippen LogP contribution in [0.5, 0.6) is 0 Å². The van der Waals surface area contributed by atoms with Crippen molar-refractivity contribution in [2.24, 2.45) is 11.8 Å². The van der Waals surface area contributed by atoms with Gasteiger partial charge in [-0.15, -0.1) is 0 Å². The third-order valence-electron chi connectivity index (χ3n) is 8.17. The zero-order chi connectivity index (χ0) is 27.5.